The van der Waals surface area contributed by atoms with Crippen LogP contribution in [0.25, 0.3) is 0 Å². The number of alkyl halides is 1. The molecule has 1 aromatic carbocycles. The van der Waals surface area contributed by atoms with Gasteiger partial charge in [-0.15, -0.1) is 11.6 Å². The van der Waals surface area contributed by atoms with E-state index in [1.165, 1.54) is 36.8 Å². The van der Waals surface area contributed by atoms with E-state index in [4.69, 9.17) is 11.6 Å². The number of rotatable bonds is 6. The van der Waals surface area contributed by atoms with E-state index in [-0.39, 0.29) is 0 Å². The highest BCUT2D eigenvalue weighted by molar-refractivity contribution is 6.18. The van der Waals surface area contributed by atoms with Gasteiger partial charge in [0.2, 0.25) is 0 Å². The normalized spacial score (nSPS) is 23.5. The highest BCUT2D eigenvalue weighted by atomic mass is 35.5. The number of hydrogen-bond donors (Lipinski definition) is 1. The fraction of sp³-hybridized carbons (Fsp3) is 0.647. The highest BCUT2D eigenvalue weighted by Crippen LogP contribution is 2.30. The molecule has 19 heavy (non-hydrogen) atoms. The van der Waals surface area contributed by atoms with Crippen LogP contribution in [0.5, 0.6) is 0 Å². The Morgan fingerprint density at radius 2 is 1.68 bits per heavy atom. The zero-order chi connectivity index (χ0) is 13.5. The quantitative estimate of drug-likeness (QED) is 0.762. The van der Waals surface area contributed by atoms with Gasteiger partial charge in [0.05, 0.1) is 0 Å². The molecule has 1 saturated carbocycles. The van der Waals surface area contributed by atoms with Crippen LogP contribution in [0.4, 0.5) is 0 Å². The van der Waals surface area contributed by atoms with Crippen molar-refractivity contribution in [2.45, 2.75) is 45.6 Å². The molecule has 0 amide bonds. The van der Waals surface area contributed by atoms with Gasteiger partial charge in [-0.3, -0.25) is 0 Å². The Bertz CT molecular complexity index is 360. The van der Waals surface area contributed by atoms with E-state index in [0.29, 0.717) is 0 Å². The van der Waals surface area contributed by atoms with Crippen LogP contribution in [-0.4, -0.2) is 12.4 Å². The molecule has 0 saturated heterocycles. The number of hydrogen-bond acceptors (Lipinski definition) is 1. The van der Waals surface area contributed by atoms with E-state index in [0.717, 1.165) is 37.2 Å². The lowest BCUT2D eigenvalue weighted by molar-refractivity contribution is 0.250. The van der Waals surface area contributed by atoms with Gasteiger partial charge in [-0.2, -0.15) is 0 Å². The molecule has 0 aromatic heterocycles. The summed E-state index contributed by atoms with van der Waals surface area (Å²) >= 11 is 6.08. The molecular weight excluding hydrogens is 254 g/mol. The summed E-state index contributed by atoms with van der Waals surface area (Å²) in [5, 5.41) is 3.61. The average Bonchev–Trinajstić information content (AvgIpc) is 2.48. The fourth-order valence-electron chi connectivity index (χ4n) is 3.05. The Morgan fingerprint density at radius 3 is 2.32 bits per heavy atom. The fourth-order valence-corrected chi connectivity index (χ4v) is 3.46. The molecule has 1 aliphatic carbocycles. The maximum atomic E-state index is 6.08. The molecule has 1 nitrogen and oxygen atoms in total. The molecule has 0 aliphatic heterocycles. The number of benzene rings is 1. The molecular formula is C17H26ClN. The van der Waals surface area contributed by atoms with Crippen molar-refractivity contribution >= 4 is 11.6 Å². The van der Waals surface area contributed by atoms with Crippen LogP contribution >= 0.6 is 11.6 Å². The summed E-state index contributed by atoms with van der Waals surface area (Å²) in [6.07, 6.45) is 6.53. The third-order valence-electron chi connectivity index (χ3n) is 4.43. The minimum Gasteiger partial charge on any atom is -0.312 e. The minimum atomic E-state index is 0.727. The second-order valence-corrected chi connectivity index (χ2v) is 6.07. The van der Waals surface area contributed by atoms with Gasteiger partial charge >= 0.3 is 0 Å². The molecule has 1 fully saturated rings. The van der Waals surface area contributed by atoms with Gasteiger partial charge in [-0.1, -0.05) is 44.0 Å². The second kappa shape index (κ2) is 7.91. The van der Waals surface area contributed by atoms with Gasteiger partial charge in [0.25, 0.3) is 0 Å². The third kappa shape index (κ3) is 4.50. The van der Waals surface area contributed by atoms with Gasteiger partial charge in [0.15, 0.2) is 0 Å². The smallest absolute Gasteiger partial charge is 0.0254 e. The first kappa shape index (κ1) is 14.9. The van der Waals surface area contributed by atoms with Gasteiger partial charge in [0, 0.05) is 12.4 Å². The maximum Gasteiger partial charge on any atom is 0.0254 e. The summed E-state index contributed by atoms with van der Waals surface area (Å²) in [6.45, 7) is 4.30. The van der Waals surface area contributed by atoms with Crippen molar-refractivity contribution in [1.82, 2.24) is 5.32 Å². The average molecular weight is 280 g/mol. The summed E-state index contributed by atoms with van der Waals surface area (Å²) < 4.78 is 0. The van der Waals surface area contributed by atoms with Crippen LogP contribution in [-0.2, 0) is 13.0 Å². The SMILES string of the molecule is CCc1ccc(CNCC2CCCCC2CCl)cc1. The molecule has 0 spiro atoms. The molecule has 106 valence electrons. The van der Waals surface area contributed by atoms with Gasteiger partial charge in [-0.25, -0.2) is 0 Å². The van der Waals surface area contributed by atoms with E-state index in [9.17, 15) is 0 Å². The van der Waals surface area contributed by atoms with Crippen molar-refractivity contribution in [1.29, 1.82) is 0 Å². The summed E-state index contributed by atoms with van der Waals surface area (Å²) in [6, 6.07) is 8.95. The van der Waals surface area contributed by atoms with Crippen molar-refractivity contribution in [3.63, 3.8) is 0 Å². The summed E-state index contributed by atoms with van der Waals surface area (Å²) in [7, 11) is 0. The Balaban J connectivity index is 1.75. The summed E-state index contributed by atoms with van der Waals surface area (Å²) in [5.41, 5.74) is 2.80. The van der Waals surface area contributed by atoms with Crippen LogP contribution in [0.2, 0.25) is 0 Å². The predicted octanol–water partition coefficient (Wildman–Crippen LogP) is 4.38. The van der Waals surface area contributed by atoms with E-state index < -0.39 is 0 Å². The molecule has 2 atom stereocenters. The van der Waals surface area contributed by atoms with Crippen LogP contribution in [0, 0.1) is 11.8 Å². The second-order valence-electron chi connectivity index (χ2n) is 5.76. The molecule has 2 rings (SSSR count). The van der Waals surface area contributed by atoms with Crippen LogP contribution < -0.4 is 5.32 Å². The van der Waals surface area contributed by atoms with Gasteiger partial charge in [-0.05, 0) is 48.8 Å². The Hall–Kier alpha value is -0.530. The lowest BCUT2D eigenvalue weighted by atomic mass is 9.80. The molecule has 0 heterocycles. The zero-order valence-electron chi connectivity index (χ0n) is 12.0. The minimum absolute atomic E-state index is 0.727. The first-order chi connectivity index (χ1) is 9.33. The maximum absolute atomic E-state index is 6.08. The molecule has 2 heteroatoms. The van der Waals surface area contributed by atoms with Crippen molar-refractivity contribution in [2.75, 3.05) is 12.4 Å². The molecule has 1 aromatic rings. The van der Waals surface area contributed by atoms with Crippen molar-refractivity contribution in [3.05, 3.63) is 35.4 Å². The highest BCUT2D eigenvalue weighted by Gasteiger charge is 2.23. The van der Waals surface area contributed by atoms with E-state index in [1.807, 2.05) is 0 Å². The molecule has 2 unspecified atom stereocenters. The van der Waals surface area contributed by atoms with E-state index in [1.54, 1.807) is 0 Å². The van der Waals surface area contributed by atoms with E-state index >= 15 is 0 Å². The largest absolute Gasteiger partial charge is 0.312 e. The topological polar surface area (TPSA) is 12.0 Å². The van der Waals surface area contributed by atoms with Crippen LogP contribution in [0.15, 0.2) is 24.3 Å². The zero-order valence-corrected chi connectivity index (χ0v) is 12.8. The Labute approximate surface area is 122 Å². The molecule has 0 bridgehead atoms. The lowest BCUT2D eigenvalue weighted by Crippen LogP contribution is -2.31. The molecule has 1 N–H and O–H groups in total. The lowest BCUT2D eigenvalue weighted by Gasteiger charge is -2.30. The van der Waals surface area contributed by atoms with Crippen LogP contribution in [0.3, 0.4) is 0 Å². The third-order valence-corrected chi connectivity index (χ3v) is 4.83. The number of nitrogens with one attached hydrogen (secondary N) is 1. The first-order valence-electron chi connectivity index (χ1n) is 7.68. The molecule has 0 radical (unpaired) electrons. The van der Waals surface area contributed by atoms with E-state index in [2.05, 4.69) is 36.5 Å². The van der Waals surface area contributed by atoms with Crippen molar-refractivity contribution in [3.8, 4) is 0 Å². The monoisotopic (exact) mass is 279 g/mol. The Morgan fingerprint density at radius 1 is 1.05 bits per heavy atom. The van der Waals surface area contributed by atoms with Crippen molar-refractivity contribution in [2.24, 2.45) is 11.8 Å². The summed E-state index contributed by atoms with van der Waals surface area (Å²) in [4.78, 5) is 0. The van der Waals surface area contributed by atoms with Gasteiger partial charge < -0.3 is 5.32 Å². The number of aryl methyl sites for hydroxylation is 1. The Kier molecular flexibility index (Phi) is 6.19. The van der Waals surface area contributed by atoms with Crippen LogP contribution in [0.1, 0.15) is 43.7 Å². The predicted molar refractivity (Wildman–Crippen MR) is 83.7 cm³/mol. The standard InChI is InChI=1S/C17H26ClN/c1-2-14-7-9-15(10-8-14)12-19-13-17-6-4-3-5-16(17)11-18/h7-10,16-17,19H,2-6,11-13H2,1H3. The number of halogens is 1. The van der Waals surface area contributed by atoms with Gasteiger partial charge in [0.1, 0.15) is 0 Å². The summed E-state index contributed by atoms with van der Waals surface area (Å²) in [5.74, 6) is 2.34. The molecule has 1 aliphatic rings. The first-order valence-corrected chi connectivity index (χ1v) is 8.21. The van der Waals surface area contributed by atoms with Crippen molar-refractivity contribution < 1.29 is 0 Å².